The van der Waals surface area contributed by atoms with Crippen molar-refractivity contribution in [2.75, 3.05) is 44.8 Å². The summed E-state index contributed by atoms with van der Waals surface area (Å²) >= 11 is 0. The summed E-state index contributed by atoms with van der Waals surface area (Å²) in [6, 6.07) is 7.55. The van der Waals surface area contributed by atoms with Gasteiger partial charge in [-0.3, -0.25) is 4.90 Å². The van der Waals surface area contributed by atoms with E-state index in [0.29, 0.717) is 18.0 Å². The smallest absolute Gasteiger partial charge is 0.159 e. The fourth-order valence-electron chi connectivity index (χ4n) is 5.80. The number of piperidine rings is 1. The minimum atomic E-state index is 0.299. The molecule has 0 aliphatic carbocycles. The highest BCUT2D eigenvalue weighted by Gasteiger charge is 2.29. The number of likely N-dealkylation sites (tertiary alicyclic amines) is 1. The molecule has 3 aromatic rings. The van der Waals surface area contributed by atoms with Crippen molar-refractivity contribution in [3.05, 3.63) is 41.3 Å². The summed E-state index contributed by atoms with van der Waals surface area (Å²) in [7, 11) is 0. The van der Waals surface area contributed by atoms with Crippen LogP contribution in [0.5, 0.6) is 0 Å². The Hall–Kier alpha value is -2.55. The van der Waals surface area contributed by atoms with E-state index in [1.165, 1.54) is 30.4 Å². The zero-order valence-electron chi connectivity index (χ0n) is 20.2. The van der Waals surface area contributed by atoms with Crippen molar-refractivity contribution in [2.24, 2.45) is 0 Å². The van der Waals surface area contributed by atoms with Crippen LogP contribution in [0.2, 0.25) is 0 Å². The maximum Gasteiger partial charge on any atom is 0.159 e. The molecule has 0 amide bonds. The number of anilines is 1. The van der Waals surface area contributed by atoms with E-state index in [9.17, 15) is 0 Å². The van der Waals surface area contributed by atoms with E-state index in [1.807, 2.05) is 23.9 Å². The van der Waals surface area contributed by atoms with E-state index in [-0.39, 0.29) is 0 Å². The van der Waals surface area contributed by atoms with Gasteiger partial charge in [-0.2, -0.15) is 5.10 Å². The maximum atomic E-state index is 5.62. The molecule has 180 valence electrons. The molecular weight excluding hydrogens is 428 g/mol. The first-order valence-electron chi connectivity index (χ1n) is 12.6. The van der Waals surface area contributed by atoms with Crippen LogP contribution in [0.4, 0.5) is 5.82 Å². The quantitative estimate of drug-likeness (QED) is 0.621. The van der Waals surface area contributed by atoms with E-state index in [2.05, 4.69) is 34.3 Å². The number of ether oxygens (including phenoxy) is 2. The van der Waals surface area contributed by atoms with Crippen molar-refractivity contribution < 1.29 is 9.47 Å². The van der Waals surface area contributed by atoms with E-state index < -0.39 is 0 Å². The molecule has 3 aliphatic rings. The SMILES string of the molecule is Cc1nc(N[C@@H]2CCOC2)cc(-n2ncc3cc(C)c(C4CCN(C5CCOC5)CC4)cc32)n1. The molecule has 5 heterocycles. The number of hydrogen-bond acceptors (Lipinski definition) is 7. The van der Waals surface area contributed by atoms with Crippen molar-refractivity contribution >= 4 is 16.7 Å². The molecule has 0 saturated carbocycles. The third-order valence-electron chi connectivity index (χ3n) is 7.67. The second-order valence-electron chi connectivity index (χ2n) is 10.0. The molecule has 1 N–H and O–H groups in total. The predicted molar refractivity (Wildman–Crippen MR) is 132 cm³/mol. The topological polar surface area (TPSA) is 77.3 Å². The van der Waals surface area contributed by atoms with Gasteiger partial charge in [0.05, 0.1) is 31.0 Å². The second-order valence-corrected chi connectivity index (χ2v) is 10.0. The van der Waals surface area contributed by atoms with Gasteiger partial charge >= 0.3 is 0 Å². The molecule has 3 fully saturated rings. The van der Waals surface area contributed by atoms with Crippen molar-refractivity contribution in [3.8, 4) is 5.82 Å². The molecule has 3 saturated heterocycles. The molecule has 1 aromatic carbocycles. The van der Waals surface area contributed by atoms with Crippen LogP contribution in [0.1, 0.15) is 48.6 Å². The fourth-order valence-corrected chi connectivity index (χ4v) is 5.80. The monoisotopic (exact) mass is 462 g/mol. The van der Waals surface area contributed by atoms with Gasteiger partial charge in [0.2, 0.25) is 0 Å². The molecule has 1 unspecified atom stereocenters. The van der Waals surface area contributed by atoms with Crippen molar-refractivity contribution in [3.63, 3.8) is 0 Å². The Morgan fingerprint density at radius 1 is 0.941 bits per heavy atom. The van der Waals surface area contributed by atoms with Crippen molar-refractivity contribution in [2.45, 2.75) is 57.5 Å². The highest BCUT2D eigenvalue weighted by Crippen LogP contribution is 2.34. The Labute approximate surface area is 200 Å². The van der Waals surface area contributed by atoms with Crippen LogP contribution in [0, 0.1) is 13.8 Å². The molecule has 6 rings (SSSR count). The Morgan fingerprint density at radius 2 is 1.76 bits per heavy atom. The van der Waals surface area contributed by atoms with Gasteiger partial charge in [0, 0.05) is 30.7 Å². The van der Waals surface area contributed by atoms with Crippen molar-refractivity contribution in [1.29, 1.82) is 0 Å². The van der Waals surface area contributed by atoms with Gasteiger partial charge in [0.25, 0.3) is 0 Å². The first-order valence-corrected chi connectivity index (χ1v) is 12.6. The molecule has 0 radical (unpaired) electrons. The number of rotatable bonds is 5. The Morgan fingerprint density at radius 3 is 2.53 bits per heavy atom. The first kappa shape index (κ1) is 21.9. The number of aryl methyl sites for hydroxylation is 2. The number of nitrogens with zero attached hydrogens (tertiary/aromatic N) is 5. The third kappa shape index (κ3) is 4.30. The molecule has 2 atom stereocenters. The van der Waals surface area contributed by atoms with Gasteiger partial charge in [-0.15, -0.1) is 0 Å². The summed E-state index contributed by atoms with van der Waals surface area (Å²) in [6.07, 6.45) is 6.52. The first-order chi connectivity index (χ1) is 16.6. The molecule has 8 heteroatoms. The minimum Gasteiger partial charge on any atom is -0.380 e. The van der Waals surface area contributed by atoms with E-state index in [0.717, 1.165) is 74.3 Å². The van der Waals surface area contributed by atoms with E-state index >= 15 is 0 Å². The Balaban J connectivity index is 1.27. The standard InChI is InChI=1S/C26H34N6O2/c1-17-11-20-14-27-32(26-13-25(28-18(2)29-26)30-21-5-9-33-15-21)24(20)12-23(17)19-3-7-31(8-4-19)22-6-10-34-16-22/h11-14,19,21-22H,3-10,15-16H2,1-2H3,(H,28,29,30)/t21-,22?/m1/s1. The van der Waals surface area contributed by atoms with E-state index in [4.69, 9.17) is 19.6 Å². The molecule has 0 bridgehead atoms. The number of hydrogen-bond donors (Lipinski definition) is 1. The largest absolute Gasteiger partial charge is 0.380 e. The van der Waals surface area contributed by atoms with Gasteiger partial charge in [0.15, 0.2) is 5.82 Å². The molecule has 3 aliphatic heterocycles. The average Bonchev–Trinajstić information content (AvgIpc) is 3.60. The zero-order valence-corrected chi connectivity index (χ0v) is 20.2. The van der Waals surface area contributed by atoms with Gasteiger partial charge in [-0.25, -0.2) is 14.6 Å². The van der Waals surface area contributed by atoms with E-state index in [1.54, 1.807) is 0 Å². The summed E-state index contributed by atoms with van der Waals surface area (Å²) in [4.78, 5) is 12.0. The molecule has 2 aromatic heterocycles. The fraction of sp³-hybridized carbons (Fsp3) is 0.577. The minimum absolute atomic E-state index is 0.299. The van der Waals surface area contributed by atoms with Gasteiger partial charge in [0.1, 0.15) is 11.6 Å². The maximum absolute atomic E-state index is 5.62. The second kappa shape index (κ2) is 9.24. The normalized spacial score (nSPS) is 24.3. The lowest BCUT2D eigenvalue weighted by molar-refractivity contribution is 0.122. The molecule has 8 nitrogen and oxygen atoms in total. The Bertz CT molecular complexity index is 1160. The summed E-state index contributed by atoms with van der Waals surface area (Å²) in [5, 5.41) is 9.37. The lowest BCUT2D eigenvalue weighted by atomic mass is 9.86. The highest BCUT2D eigenvalue weighted by atomic mass is 16.5. The summed E-state index contributed by atoms with van der Waals surface area (Å²) in [5.74, 6) is 2.95. The summed E-state index contributed by atoms with van der Waals surface area (Å²) in [5.41, 5.74) is 3.92. The van der Waals surface area contributed by atoms with Crippen LogP contribution >= 0.6 is 0 Å². The van der Waals surface area contributed by atoms with Crippen LogP contribution in [-0.4, -0.2) is 76.2 Å². The number of nitrogens with one attached hydrogen (secondary N) is 1. The Kier molecular flexibility index (Phi) is 5.97. The highest BCUT2D eigenvalue weighted by molar-refractivity contribution is 5.82. The van der Waals surface area contributed by atoms with Crippen LogP contribution < -0.4 is 5.32 Å². The lowest BCUT2D eigenvalue weighted by Crippen LogP contribution is -2.41. The van der Waals surface area contributed by atoms with Crippen LogP contribution in [0.3, 0.4) is 0 Å². The summed E-state index contributed by atoms with van der Waals surface area (Å²) < 4.78 is 13.1. The molecular formula is C26H34N6O2. The number of fused-ring (bicyclic) bond motifs is 1. The number of benzene rings is 1. The molecule has 0 spiro atoms. The van der Waals surface area contributed by atoms with Gasteiger partial charge in [-0.05, 0) is 81.8 Å². The number of aromatic nitrogens is 4. The summed E-state index contributed by atoms with van der Waals surface area (Å²) in [6.45, 7) is 9.82. The van der Waals surface area contributed by atoms with Crippen LogP contribution in [-0.2, 0) is 9.47 Å². The van der Waals surface area contributed by atoms with Crippen LogP contribution in [0.15, 0.2) is 24.4 Å². The third-order valence-corrected chi connectivity index (χ3v) is 7.67. The van der Waals surface area contributed by atoms with Crippen LogP contribution in [0.25, 0.3) is 16.7 Å². The van der Waals surface area contributed by atoms with Crippen molar-refractivity contribution in [1.82, 2.24) is 24.6 Å². The average molecular weight is 463 g/mol. The zero-order chi connectivity index (χ0) is 23.1. The van der Waals surface area contributed by atoms with Gasteiger partial charge in [-0.1, -0.05) is 0 Å². The van der Waals surface area contributed by atoms with Gasteiger partial charge < -0.3 is 14.8 Å². The lowest BCUT2D eigenvalue weighted by Gasteiger charge is -2.36. The molecule has 34 heavy (non-hydrogen) atoms. The predicted octanol–water partition coefficient (Wildman–Crippen LogP) is 3.60.